The summed E-state index contributed by atoms with van der Waals surface area (Å²) < 4.78 is 12.5. The maximum Gasteiger partial charge on any atom is 0.257 e. The van der Waals surface area contributed by atoms with Gasteiger partial charge < -0.3 is 29.5 Å². The highest BCUT2D eigenvalue weighted by Gasteiger charge is 2.38. The molecule has 11 nitrogen and oxygen atoms in total. The number of benzene rings is 2. The van der Waals surface area contributed by atoms with Crippen molar-refractivity contribution in [1.29, 1.82) is 0 Å². The number of nitrogens with zero attached hydrogens (tertiary/aromatic N) is 5. The van der Waals surface area contributed by atoms with Gasteiger partial charge in [0.1, 0.15) is 11.5 Å². The highest BCUT2D eigenvalue weighted by Crippen LogP contribution is 2.28. The SMILES string of the molecule is Cc1ccc2cc1Oc1cccc(c1)CO[C@H]1CN(C(=O)c3cnc(N4CCCCC4)nc3C)C[C@@H]1NC(=O)CN(C)C2=O. The van der Waals surface area contributed by atoms with Crippen LogP contribution in [0.3, 0.4) is 0 Å². The van der Waals surface area contributed by atoms with E-state index < -0.39 is 12.1 Å². The highest BCUT2D eigenvalue weighted by atomic mass is 16.5. The van der Waals surface area contributed by atoms with Gasteiger partial charge in [-0.1, -0.05) is 18.2 Å². The fourth-order valence-corrected chi connectivity index (χ4v) is 5.96. The number of rotatable bonds is 2. The molecule has 0 aliphatic carbocycles. The van der Waals surface area contributed by atoms with Gasteiger partial charge in [0.2, 0.25) is 11.9 Å². The molecular weight excluding hydrogens is 560 g/mol. The molecule has 1 N–H and O–H groups in total. The normalized spacial score (nSPS) is 21.0. The van der Waals surface area contributed by atoms with Crippen LogP contribution in [0.25, 0.3) is 0 Å². The van der Waals surface area contributed by atoms with Crippen molar-refractivity contribution in [3.05, 3.63) is 76.6 Å². The van der Waals surface area contributed by atoms with Gasteiger partial charge in [-0.25, -0.2) is 9.97 Å². The third-order valence-electron chi connectivity index (χ3n) is 8.49. The molecule has 4 bridgehead atoms. The standard InChI is InChI=1S/C33H38N6O5/c1-21-10-11-24-15-28(21)44-25-9-7-8-23(14-25)20-43-29-18-39(17-27(29)36-30(40)19-37(3)31(24)41)32(42)26-16-34-33(35-22(26)2)38-12-5-4-6-13-38/h7-11,14-16,27,29H,4-6,12-13,17-20H2,1-3H3,(H,36,40)/t27-,29-/m0/s1. The van der Waals surface area contributed by atoms with Crippen molar-refractivity contribution < 1.29 is 23.9 Å². The van der Waals surface area contributed by atoms with Crippen LogP contribution in [0.2, 0.25) is 0 Å². The zero-order valence-electron chi connectivity index (χ0n) is 25.4. The summed E-state index contributed by atoms with van der Waals surface area (Å²) in [5.41, 5.74) is 3.24. The molecule has 230 valence electrons. The summed E-state index contributed by atoms with van der Waals surface area (Å²) in [5, 5.41) is 3.02. The number of carbonyl (C=O) groups excluding carboxylic acids is 3. The topological polar surface area (TPSA) is 117 Å². The molecule has 4 heterocycles. The predicted molar refractivity (Wildman–Crippen MR) is 164 cm³/mol. The van der Waals surface area contributed by atoms with E-state index in [0.29, 0.717) is 34.3 Å². The third kappa shape index (κ3) is 6.37. The molecule has 6 rings (SSSR count). The number of piperidine rings is 1. The molecule has 0 unspecified atom stereocenters. The fourth-order valence-electron chi connectivity index (χ4n) is 5.96. The summed E-state index contributed by atoms with van der Waals surface area (Å²) in [6, 6.07) is 12.4. The van der Waals surface area contributed by atoms with Gasteiger partial charge in [0.05, 0.1) is 36.6 Å². The van der Waals surface area contributed by atoms with Crippen molar-refractivity contribution in [2.24, 2.45) is 0 Å². The molecule has 2 saturated heterocycles. The maximum atomic E-state index is 13.7. The van der Waals surface area contributed by atoms with Crippen molar-refractivity contribution in [1.82, 2.24) is 25.1 Å². The lowest BCUT2D eigenvalue weighted by Crippen LogP contribution is -2.48. The number of amides is 3. The lowest BCUT2D eigenvalue weighted by Gasteiger charge is -2.27. The van der Waals surface area contributed by atoms with E-state index in [1.165, 1.54) is 11.3 Å². The van der Waals surface area contributed by atoms with E-state index in [1.807, 2.05) is 44.2 Å². The van der Waals surface area contributed by atoms with Gasteiger partial charge in [-0.15, -0.1) is 0 Å². The summed E-state index contributed by atoms with van der Waals surface area (Å²) in [7, 11) is 1.59. The Balaban J connectivity index is 1.23. The Bertz CT molecular complexity index is 1570. The third-order valence-corrected chi connectivity index (χ3v) is 8.49. The van der Waals surface area contributed by atoms with E-state index in [0.717, 1.165) is 37.1 Å². The number of hydrogen-bond donors (Lipinski definition) is 1. The smallest absolute Gasteiger partial charge is 0.257 e. The quantitative estimate of drug-likeness (QED) is 0.477. The molecule has 0 spiro atoms. The second kappa shape index (κ2) is 12.6. The van der Waals surface area contributed by atoms with Crippen LogP contribution >= 0.6 is 0 Å². The van der Waals surface area contributed by atoms with Crippen LogP contribution in [0.1, 0.15) is 56.8 Å². The predicted octanol–water partition coefficient (Wildman–Crippen LogP) is 3.49. The Labute approximate surface area is 257 Å². The van der Waals surface area contributed by atoms with E-state index in [-0.39, 0.29) is 44.0 Å². The molecule has 2 atom stereocenters. The number of likely N-dealkylation sites (N-methyl/N-ethyl adjacent to an activating group) is 1. The van der Waals surface area contributed by atoms with Gasteiger partial charge in [0.25, 0.3) is 11.8 Å². The van der Waals surface area contributed by atoms with Crippen LogP contribution in [0, 0.1) is 13.8 Å². The monoisotopic (exact) mass is 598 g/mol. The Hall–Kier alpha value is -4.51. The molecule has 3 amide bonds. The Morgan fingerprint density at radius 1 is 1.02 bits per heavy atom. The van der Waals surface area contributed by atoms with Gasteiger partial charge in [-0.05, 0) is 68.5 Å². The second-order valence-corrected chi connectivity index (χ2v) is 11.8. The molecule has 0 radical (unpaired) electrons. The first-order valence-electron chi connectivity index (χ1n) is 15.2. The minimum absolute atomic E-state index is 0.149. The average Bonchev–Trinajstić information content (AvgIpc) is 3.42. The van der Waals surface area contributed by atoms with Crippen molar-refractivity contribution in [3.63, 3.8) is 0 Å². The largest absolute Gasteiger partial charge is 0.457 e. The molecule has 2 fully saturated rings. The summed E-state index contributed by atoms with van der Waals surface area (Å²) in [6.07, 6.45) is 4.57. The Morgan fingerprint density at radius 3 is 2.64 bits per heavy atom. The zero-order chi connectivity index (χ0) is 30.8. The fraction of sp³-hybridized carbons (Fsp3) is 0.424. The molecule has 2 aromatic carbocycles. The Kier molecular flexibility index (Phi) is 8.47. The highest BCUT2D eigenvalue weighted by molar-refractivity contribution is 5.97. The first-order chi connectivity index (χ1) is 21.2. The second-order valence-electron chi connectivity index (χ2n) is 11.8. The first-order valence-corrected chi connectivity index (χ1v) is 15.2. The number of aryl methyl sites for hydroxylation is 2. The minimum atomic E-state index is -0.470. The number of ether oxygens (including phenoxy) is 2. The van der Waals surface area contributed by atoms with E-state index in [9.17, 15) is 14.4 Å². The van der Waals surface area contributed by atoms with Gasteiger partial charge in [-0.2, -0.15) is 0 Å². The molecule has 0 saturated carbocycles. The van der Waals surface area contributed by atoms with Crippen molar-refractivity contribution in [2.45, 2.75) is 51.9 Å². The van der Waals surface area contributed by atoms with Crippen LogP contribution < -0.4 is 15.0 Å². The number of hydrogen-bond acceptors (Lipinski definition) is 8. The Morgan fingerprint density at radius 2 is 1.84 bits per heavy atom. The minimum Gasteiger partial charge on any atom is -0.457 e. The summed E-state index contributed by atoms with van der Waals surface area (Å²) in [6.45, 7) is 6.23. The average molecular weight is 599 g/mol. The lowest BCUT2D eigenvalue weighted by atomic mass is 10.1. The molecule has 11 heteroatoms. The number of likely N-dealkylation sites (tertiary alicyclic amines) is 1. The molecule has 3 aliphatic heterocycles. The van der Waals surface area contributed by atoms with Crippen molar-refractivity contribution in [2.75, 3.05) is 44.7 Å². The number of aromatic nitrogens is 2. The van der Waals surface area contributed by atoms with E-state index >= 15 is 0 Å². The van der Waals surface area contributed by atoms with E-state index in [2.05, 4.69) is 20.2 Å². The van der Waals surface area contributed by atoms with E-state index in [1.54, 1.807) is 30.3 Å². The molecular formula is C33H38N6O5. The zero-order valence-corrected chi connectivity index (χ0v) is 25.4. The van der Waals surface area contributed by atoms with Gasteiger partial charge in [-0.3, -0.25) is 14.4 Å². The number of anilines is 1. The van der Waals surface area contributed by atoms with Crippen molar-refractivity contribution >= 4 is 23.7 Å². The molecule has 1 aromatic heterocycles. The number of nitrogens with one attached hydrogen (secondary N) is 1. The summed E-state index contributed by atoms with van der Waals surface area (Å²) >= 11 is 0. The lowest BCUT2D eigenvalue weighted by molar-refractivity contribution is -0.123. The van der Waals surface area contributed by atoms with E-state index in [4.69, 9.17) is 9.47 Å². The van der Waals surface area contributed by atoms with Crippen LogP contribution in [-0.4, -0.2) is 89.4 Å². The first kappa shape index (κ1) is 29.6. The number of fused-ring (bicyclic) bond motifs is 5. The summed E-state index contributed by atoms with van der Waals surface area (Å²) in [4.78, 5) is 54.5. The van der Waals surface area contributed by atoms with Crippen LogP contribution in [0.4, 0.5) is 5.95 Å². The number of carbonyl (C=O) groups is 3. The van der Waals surface area contributed by atoms with Gasteiger partial charge in [0, 0.05) is 45.0 Å². The maximum absolute atomic E-state index is 13.7. The molecule has 3 aromatic rings. The van der Waals surface area contributed by atoms with Crippen LogP contribution in [0.5, 0.6) is 11.5 Å². The molecule has 3 aliphatic rings. The van der Waals surface area contributed by atoms with Gasteiger partial charge in [0.15, 0.2) is 0 Å². The summed E-state index contributed by atoms with van der Waals surface area (Å²) in [5.74, 6) is 0.994. The van der Waals surface area contributed by atoms with Crippen LogP contribution in [-0.2, 0) is 16.1 Å². The molecule has 44 heavy (non-hydrogen) atoms. The van der Waals surface area contributed by atoms with Crippen molar-refractivity contribution in [3.8, 4) is 11.5 Å². The van der Waals surface area contributed by atoms with Crippen LogP contribution in [0.15, 0.2) is 48.7 Å². The van der Waals surface area contributed by atoms with Gasteiger partial charge >= 0.3 is 0 Å².